The van der Waals surface area contributed by atoms with Gasteiger partial charge in [-0.2, -0.15) is 9.78 Å². The maximum Gasteiger partial charge on any atom is 0.253 e. The van der Waals surface area contributed by atoms with Crippen molar-refractivity contribution >= 4 is 46.3 Å². The molecular formula is C22H19N7O3S2. The van der Waals surface area contributed by atoms with Crippen LogP contribution in [-0.4, -0.2) is 48.5 Å². The Morgan fingerprint density at radius 1 is 1.24 bits per heavy atom. The molecule has 12 heteroatoms. The Morgan fingerprint density at radius 2 is 2.15 bits per heavy atom. The number of hydrazone groups is 1. The number of thiophene rings is 1. The van der Waals surface area contributed by atoms with E-state index in [9.17, 15) is 9.59 Å². The van der Waals surface area contributed by atoms with E-state index in [2.05, 4.69) is 25.9 Å². The van der Waals surface area contributed by atoms with E-state index < -0.39 is 0 Å². The molecule has 4 aromatic rings. The number of anilines is 1. The molecule has 0 fully saturated rings. The molecule has 0 aliphatic carbocycles. The molecule has 3 aromatic heterocycles. The normalized spacial score (nSPS) is 15.4. The van der Waals surface area contributed by atoms with Gasteiger partial charge in [0.15, 0.2) is 0 Å². The second kappa shape index (κ2) is 9.61. The number of amides is 2. The standard InChI is InChI=1S/C22H19N7O3S2/c1-14(30)23-15-5-2-6-16(11-15)28-22(24-26-27-28)34-13-21(31)29-18(19-7-3-9-32-19)12-17(25-29)20-8-4-10-33-20/h2-11,18H,12-13H2,1H3,(H,23,30)/t18-/m1/s1. The van der Waals surface area contributed by atoms with E-state index in [1.807, 2.05) is 29.6 Å². The Hall–Kier alpha value is -3.77. The van der Waals surface area contributed by atoms with Crippen LogP contribution in [0, 0.1) is 0 Å². The summed E-state index contributed by atoms with van der Waals surface area (Å²) in [6.07, 6.45) is 2.18. The minimum atomic E-state index is -0.300. The first kappa shape index (κ1) is 22.0. The van der Waals surface area contributed by atoms with Gasteiger partial charge in [-0.05, 0) is 52.2 Å². The molecule has 0 radical (unpaired) electrons. The highest BCUT2D eigenvalue weighted by Gasteiger charge is 2.35. The molecule has 5 rings (SSSR count). The van der Waals surface area contributed by atoms with E-state index in [1.54, 1.807) is 41.9 Å². The Kier molecular flexibility index (Phi) is 6.23. The van der Waals surface area contributed by atoms with Gasteiger partial charge in [0.25, 0.3) is 5.91 Å². The molecule has 1 atom stereocenters. The monoisotopic (exact) mass is 493 g/mol. The molecule has 1 aromatic carbocycles. The fourth-order valence-electron chi connectivity index (χ4n) is 3.58. The van der Waals surface area contributed by atoms with Crippen LogP contribution in [-0.2, 0) is 9.59 Å². The number of furan rings is 1. The second-order valence-corrected chi connectivity index (χ2v) is 9.28. The van der Waals surface area contributed by atoms with E-state index in [0.29, 0.717) is 28.7 Å². The lowest BCUT2D eigenvalue weighted by Gasteiger charge is -2.19. The number of nitrogens with one attached hydrogen (secondary N) is 1. The molecule has 10 nitrogen and oxygen atoms in total. The van der Waals surface area contributed by atoms with Crippen molar-refractivity contribution in [2.24, 2.45) is 5.10 Å². The maximum absolute atomic E-state index is 13.2. The number of carbonyl (C=O) groups excluding carboxylic acids is 2. The van der Waals surface area contributed by atoms with E-state index in [0.717, 1.165) is 10.6 Å². The van der Waals surface area contributed by atoms with Crippen LogP contribution in [0.4, 0.5) is 5.69 Å². The third-order valence-corrected chi connectivity index (χ3v) is 6.84. The number of carbonyl (C=O) groups is 2. The number of aromatic nitrogens is 4. The first-order valence-electron chi connectivity index (χ1n) is 10.3. The highest BCUT2D eigenvalue weighted by molar-refractivity contribution is 7.99. The predicted molar refractivity (Wildman–Crippen MR) is 128 cm³/mol. The molecule has 34 heavy (non-hydrogen) atoms. The zero-order valence-electron chi connectivity index (χ0n) is 18.0. The number of thioether (sulfide) groups is 1. The Labute approximate surface area is 202 Å². The SMILES string of the molecule is CC(=O)Nc1cccc(-n2nnnc2SCC(=O)N2N=C(c3cccs3)C[C@@H]2c2ccco2)c1. The van der Waals surface area contributed by atoms with Crippen molar-refractivity contribution in [3.63, 3.8) is 0 Å². The molecule has 172 valence electrons. The van der Waals surface area contributed by atoms with Crippen LogP contribution >= 0.6 is 23.1 Å². The van der Waals surface area contributed by atoms with E-state index in [-0.39, 0.29) is 23.6 Å². The number of rotatable bonds is 7. The summed E-state index contributed by atoms with van der Waals surface area (Å²) in [5.74, 6) is 0.422. The van der Waals surface area contributed by atoms with Crippen molar-refractivity contribution in [2.45, 2.75) is 24.5 Å². The summed E-state index contributed by atoms with van der Waals surface area (Å²) in [5, 5.41) is 23.1. The molecule has 1 aliphatic rings. The average Bonchev–Trinajstić information content (AvgIpc) is 3.62. The third kappa shape index (κ3) is 4.63. The van der Waals surface area contributed by atoms with Crippen LogP contribution in [0.15, 0.2) is 74.8 Å². The number of nitrogens with zero attached hydrogens (tertiary/aromatic N) is 6. The summed E-state index contributed by atoms with van der Waals surface area (Å²) in [7, 11) is 0. The lowest BCUT2D eigenvalue weighted by Crippen LogP contribution is -2.28. The zero-order valence-corrected chi connectivity index (χ0v) is 19.6. The summed E-state index contributed by atoms with van der Waals surface area (Å²) in [5.41, 5.74) is 2.15. The van der Waals surface area contributed by atoms with Crippen molar-refractivity contribution in [2.75, 3.05) is 11.1 Å². The predicted octanol–water partition coefficient (Wildman–Crippen LogP) is 3.75. The van der Waals surface area contributed by atoms with Gasteiger partial charge in [0.1, 0.15) is 11.8 Å². The van der Waals surface area contributed by atoms with Gasteiger partial charge in [-0.25, -0.2) is 5.01 Å². The summed E-state index contributed by atoms with van der Waals surface area (Å²) in [4.78, 5) is 25.6. The molecule has 1 N–H and O–H groups in total. The van der Waals surface area contributed by atoms with Gasteiger partial charge in [0.2, 0.25) is 11.1 Å². The van der Waals surface area contributed by atoms with Crippen LogP contribution in [0.3, 0.4) is 0 Å². The summed E-state index contributed by atoms with van der Waals surface area (Å²) in [6, 6.07) is 14.5. The smallest absolute Gasteiger partial charge is 0.253 e. The topological polar surface area (TPSA) is 119 Å². The van der Waals surface area contributed by atoms with Gasteiger partial charge in [-0.15, -0.1) is 16.4 Å². The summed E-state index contributed by atoms with van der Waals surface area (Å²) in [6.45, 7) is 1.44. The molecular weight excluding hydrogens is 474 g/mol. The van der Waals surface area contributed by atoms with Crippen molar-refractivity contribution in [1.82, 2.24) is 25.2 Å². The Morgan fingerprint density at radius 3 is 2.91 bits per heavy atom. The van der Waals surface area contributed by atoms with Gasteiger partial charge in [0, 0.05) is 19.0 Å². The Bertz CT molecular complexity index is 1330. The van der Waals surface area contributed by atoms with Crippen molar-refractivity contribution in [3.8, 4) is 5.69 Å². The number of hydrogen-bond donors (Lipinski definition) is 1. The lowest BCUT2D eigenvalue weighted by atomic mass is 10.1. The van der Waals surface area contributed by atoms with E-state index >= 15 is 0 Å². The molecule has 4 heterocycles. The fourth-order valence-corrected chi connectivity index (χ4v) is 5.04. The molecule has 0 unspecified atom stereocenters. The fraction of sp³-hybridized carbons (Fsp3) is 0.182. The molecule has 0 saturated heterocycles. The van der Waals surface area contributed by atoms with E-state index in [1.165, 1.54) is 28.4 Å². The van der Waals surface area contributed by atoms with Gasteiger partial charge < -0.3 is 9.73 Å². The van der Waals surface area contributed by atoms with Crippen LogP contribution in [0.5, 0.6) is 0 Å². The summed E-state index contributed by atoms with van der Waals surface area (Å²) < 4.78 is 7.12. The molecule has 1 aliphatic heterocycles. The number of benzene rings is 1. The van der Waals surface area contributed by atoms with Crippen LogP contribution < -0.4 is 5.32 Å². The van der Waals surface area contributed by atoms with Gasteiger partial charge >= 0.3 is 0 Å². The maximum atomic E-state index is 13.2. The second-order valence-electron chi connectivity index (χ2n) is 7.39. The van der Waals surface area contributed by atoms with Crippen molar-refractivity contribution < 1.29 is 14.0 Å². The third-order valence-electron chi connectivity index (χ3n) is 5.02. The van der Waals surface area contributed by atoms with Gasteiger partial charge in [-0.1, -0.05) is 23.9 Å². The highest BCUT2D eigenvalue weighted by Crippen LogP contribution is 2.34. The largest absolute Gasteiger partial charge is 0.467 e. The average molecular weight is 494 g/mol. The Balaban J connectivity index is 1.33. The van der Waals surface area contributed by atoms with E-state index in [4.69, 9.17) is 4.42 Å². The van der Waals surface area contributed by atoms with Crippen molar-refractivity contribution in [3.05, 3.63) is 70.8 Å². The number of tetrazole rings is 1. The molecule has 0 saturated carbocycles. The van der Waals surface area contributed by atoms with Gasteiger partial charge in [0.05, 0.1) is 28.3 Å². The van der Waals surface area contributed by atoms with Crippen molar-refractivity contribution in [1.29, 1.82) is 0 Å². The number of hydrogen-bond acceptors (Lipinski definition) is 9. The molecule has 2 amide bonds. The first-order valence-corrected chi connectivity index (χ1v) is 12.2. The minimum Gasteiger partial charge on any atom is -0.467 e. The van der Waals surface area contributed by atoms with Crippen LogP contribution in [0.1, 0.15) is 30.0 Å². The van der Waals surface area contributed by atoms with Crippen LogP contribution in [0.25, 0.3) is 5.69 Å². The first-order chi connectivity index (χ1) is 16.6. The lowest BCUT2D eigenvalue weighted by molar-refractivity contribution is -0.130. The van der Waals surface area contributed by atoms with Gasteiger partial charge in [-0.3, -0.25) is 9.59 Å². The zero-order chi connectivity index (χ0) is 23.5. The molecule has 0 bridgehead atoms. The quantitative estimate of drug-likeness (QED) is 0.390. The summed E-state index contributed by atoms with van der Waals surface area (Å²) >= 11 is 2.80. The highest BCUT2D eigenvalue weighted by atomic mass is 32.2. The minimum absolute atomic E-state index is 0.0875. The van der Waals surface area contributed by atoms with Crippen LogP contribution in [0.2, 0.25) is 0 Å². The molecule has 0 spiro atoms.